The fourth-order valence-electron chi connectivity index (χ4n) is 2.29. The number of amides is 1. The zero-order valence-corrected chi connectivity index (χ0v) is 15.1. The van der Waals surface area contributed by atoms with Gasteiger partial charge in [-0.3, -0.25) is 4.79 Å². The van der Waals surface area contributed by atoms with E-state index < -0.39 is 0 Å². The normalized spacial score (nSPS) is 13.6. The van der Waals surface area contributed by atoms with E-state index in [-0.39, 0.29) is 30.1 Å². The molecule has 0 aromatic rings. The SMILES string of the molecule is CCCCN(C(=O)OCC)C(C)CC(C)OC(=O)CC(C)C. The predicted molar refractivity (Wildman–Crippen MR) is 87.7 cm³/mol. The third kappa shape index (κ3) is 8.90. The molecule has 0 fully saturated rings. The summed E-state index contributed by atoms with van der Waals surface area (Å²) in [4.78, 5) is 25.5. The van der Waals surface area contributed by atoms with Crippen molar-refractivity contribution in [3.8, 4) is 0 Å². The van der Waals surface area contributed by atoms with E-state index in [2.05, 4.69) is 6.92 Å². The molecule has 0 aliphatic carbocycles. The molecule has 2 unspecified atom stereocenters. The minimum absolute atomic E-state index is 0.0209. The highest BCUT2D eigenvalue weighted by molar-refractivity contribution is 5.70. The van der Waals surface area contributed by atoms with Crippen LogP contribution in [0.4, 0.5) is 4.79 Å². The number of carbonyl (C=O) groups is 2. The molecule has 0 heterocycles. The monoisotopic (exact) mass is 315 g/mol. The van der Waals surface area contributed by atoms with Gasteiger partial charge >= 0.3 is 12.1 Å². The molecule has 0 aliphatic rings. The van der Waals surface area contributed by atoms with Crippen LogP contribution in [0.2, 0.25) is 0 Å². The molecule has 5 heteroatoms. The first-order valence-electron chi connectivity index (χ1n) is 8.44. The Morgan fingerprint density at radius 2 is 1.73 bits per heavy atom. The van der Waals surface area contributed by atoms with Gasteiger partial charge in [0.25, 0.3) is 0 Å². The van der Waals surface area contributed by atoms with Gasteiger partial charge in [-0.1, -0.05) is 27.2 Å². The van der Waals surface area contributed by atoms with E-state index in [0.717, 1.165) is 12.8 Å². The Morgan fingerprint density at radius 3 is 2.23 bits per heavy atom. The van der Waals surface area contributed by atoms with Crippen molar-refractivity contribution in [2.24, 2.45) is 5.92 Å². The van der Waals surface area contributed by atoms with Crippen LogP contribution in [0.25, 0.3) is 0 Å². The second-order valence-electron chi connectivity index (χ2n) is 6.23. The van der Waals surface area contributed by atoms with Crippen LogP contribution in [0, 0.1) is 5.92 Å². The molecule has 0 rings (SSSR count). The summed E-state index contributed by atoms with van der Waals surface area (Å²) in [5.41, 5.74) is 0. The molecule has 130 valence electrons. The number of rotatable bonds is 10. The predicted octanol–water partition coefficient (Wildman–Crippen LogP) is 4.00. The fraction of sp³-hybridized carbons (Fsp3) is 0.882. The first kappa shape index (κ1) is 20.7. The highest BCUT2D eigenvalue weighted by Crippen LogP contribution is 2.14. The first-order chi connectivity index (χ1) is 10.3. The number of hydrogen-bond donors (Lipinski definition) is 0. The minimum Gasteiger partial charge on any atom is -0.463 e. The van der Waals surface area contributed by atoms with Crippen LogP contribution >= 0.6 is 0 Å². The fourth-order valence-corrected chi connectivity index (χ4v) is 2.29. The summed E-state index contributed by atoms with van der Waals surface area (Å²) in [6, 6.07) is -0.0209. The molecule has 0 spiro atoms. The maximum Gasteiger partial charge on any atom is 0.409 e. The van der Waals surface area contributed by atoms with Crippen molar-refractivity contribution >= 4 is 12.1 Å². The van der Waals surface area contributed by atoms with E-state index in [0.29, 0.717) is 26.0 Å². The molecule has 1 amide bonds. The van der Waals surface area contributed by atoms with Crippen molar-refractivity contribution in [3.63, 3.8) is 0 Å². The van der Waals surface area contributed by atoms with Gasteiger partial charge in [0, 0.05) is 25.4 Å². The Kier molecular flexibility index (Phi) is 10.7. The minimum atomic E-state index is -0.288. The lowest BCUT2D eigenvalue weighted by molar-refractivity contribution is -0.149. The van der Waals surface area contributed by atoms with Crippen LogP contribution in [0.1, 0.15) is 67.2 Å². The largest absolute Gasteiger partial charge is 0.463 e. The van der Waals surface area contributed by atoms with Gasteiger partial charge in [-0.05, 0) is 33.1 Å². The molecule has 0 aliphatic heterocycles. The van der Waals surface area contributed by atoms with Crippen LogP contribution in [0.5, 0.6) is 0 Å². The molecule has 0 saturated carbocycles. The quantitative estimate of drug-likeness (QED) is 0.572. The smallest absolute Gasteiger partial charge is 0.409 e. The molecule has 2 atom stereocenters. The molecule has 0 N–H and O–H groups in total. The third-order valence-electron chi connectivity index (χ3n) is 3.37. The second-order valence-corrected chi connectivity index (χ2v) is 6.23. The van der Waals surface area contributed by atoms with Crippen LogP contribution in [-0.2, 0) is 14.3 Å². The van der Waals surface area contributed by atoms with Crippen LogP contribution in [0.3, 0.4) is 0 Å². The van der Waals surface area contributed by atoms with E-state index in [1.807, 2.05) is 27.7 Å². The van der Waals surface area contributed by atoms with Gasteiger partial charge in [-0.15, -0.1) is 0 Å². The third-order valence-corrected chi connectivity index (χ3v) is 3.37. The van der Waals surface area contributed by atoms with Crippen LogP contribution < -0.4 is 0 Å². The van der Waals surface area contributed by atoms with Gasteiger partial charge in [0.15, 0.2) is 0 Å². The first-order valence-corrected chi connectivity index (χ1v) is 8.44. The van der Waals surface area contributed by atoms with Crippen molar-refractivity contribution < 1.29 is 19.1 Å². The number of ether oxygens (including phenoxy) is 2. The van der Waals surface area contributed by atoms with Gasteiger partial charge in [0.1, 0.15) is 6.10 Å². The number of hydrogen-bond acceptors (Lipinski definition) is 4. The Labute approximate surface area is 135 Å². The molecule has 5 nitrogen and oxygen atoms in total. The van der Waals surface area contributed by atoms with Crippen molar-refractivity contribution in [1.82, 2.24) is 4.90 Å². The maximum atomic E-state index is 12.0. The Morgan fingerprint density at radius 1 is 1.09 bits per heavy atom. The summed E-state index contributed by atoms with van der Waals surface area (Å²) in [7, 11) is 0. The molecule has 0 bridgehead atoms. The number of unbranched alkanes of at least 4 members (excludes halogenated alkanes) is 1. The molecular weight excluding hydrogens is 282 g/mol. The van der Waals surface area contributed by atoms with E-state index in [9.17, 15) is 9.59 Å². The lowest BCUT2D eigenvalue weighted by atomic mass is 10.1. The average Bonchev–Trinajstić information content (AvgIpc) is 2.37. The number of carbonyl (C=O) groups excluding carboxylic acids is 2. The Bertz CT molecular complexity index is 331. The van der Waals surface area contributed by atoms with Gasteiger partial charge in [0.05, 0.1) is 6.61 Å². The summed E-state index contributed by atoms with van der Waals surface area (Å²) >= 11 is 0. The lowest BCUT2D eigenvalue weighted by Gasteiger charge is -2.30. The zero-order valence-electron chi connectivity index (χ0n) is 15.1. The van der Waals surface area contributed by atoms with Crippen molar-refractivity contribution in [1.29, 1.82) is 0 Å². The van der Waals surface area contributed by atoms with Gasteiger partial charge in [-0.2, -0.15) is 0 Å². The summed E-state index contributed by atoms with van der Waals surface area (Å²) in [5.74, 6) is 0.114. The number of esters is 1. The summed E-state index contributed by atoms with van der Waals surface area (Å²) in [5, 5.41) is 0. The molecular formula is C17H33NO4. The van der Waals surface area contributed by atoms with Gasteiger partial charge < -0.3 is 14.4 Å². The summed E-state index contributed by atoms with van der Waals surface area (Å²) in [6.07, 6.45) is 2.50. The average molecular weight is 315 g/mol. The van der Waals surface area contributed by atoms with Gasteiger partial charge in [0.2, 0.25) is 0 Å². The Hall–Kier alpha value is -1.26. The molecule has 22 heavy (non-hydrogen) atoms. The zero-order chi connectivity index (χ0) is 17.1. The molecule has 0 saturated heterocycles. The van der Waals surface area contributed by atoms with Crippen molar-refractivity contribution in [2.45, 2.75) is 79.4 Å². The highest BCUT2D eigenvalue weighted by atomic mass is 16.6. The van der Waals surface area contributed by atoms with Gasteiger partial charge in [-0.25, -0.2) is 4.79 Å². The highest BCUT2D eigenvalue weighted by Gasteiger charge is 2.23. The Balaban J connectivity index is 4.49. The number of nitrogens with zero attached hydrogens (tertiary/aromatic N) is 1. The summed E-state index contributed by atoms with van der Waals surface area (Å²) < 4.78 is 10.5. The van der Waals surface area contributed by atoms with Crippen LogP contribution in [0.15, 0.2) is 0 Å². The van der Waals surface area contributed by atoms with Crippen LogP contribution in [-0.4, -0.2) is 42.3 Å². The molecule has 0 radical (unpaired) electrons. The standard InChI is InChI=1S/C17H33NO4/c1-7-9-10-18(17(20)21-8-2)14(5)12-15(6)22-16(19)11-13(3)4/h13-15H,7-12H2,1-6H3. The van der Waals surface area contributed by atoms with E-state index in [1.165, 1.54) is 0 Å². The molecule has 0 aromatic carbocycles. The topological polar surface area (TPSA) is 55.8 Å². The van der Waals surface area contributed by atoms with Crippen molar-refractivity contribution in [3.05, 3.63) is 0 Å². The maximum absolute atomic E-state index is 12.0. The summed E-state index contributed by atoms with van der Waals surface area (Å²) in [6.45, 7) is 12.7. The van der Waals surface area contributed by atoms with E-state index >= 15 is 0 Å². The lowest BCUT2D eigenvalue weighted by Crippen LogP contribution is -2.41. The second kappa shape index (κ2) is 11.3. The molecule has 0 aromatic heterocycles. The van der Waals surface area contributed by atoms with Crippen molar-refractivity contribution in [2.75, 3.05) is 13.2 Å². The van der Waals surface area contributed by atoms with E-state index in [1.54, 1.807) is 11.8 Å². The van der Waals surface area contributed by atoms with E-state index in [4.69, 9.17) is 9.47 Å².